The van der Waals surface area contributed by atoms with Gasteiger partial charge in [0, 0.05) is 13.0 Å². The molecule has 0 bridgehead atoms. The number of hydrogen-bond acceptors (Lipinski definition) is 3. The third-order valence-corrected chi connectivity index (χ3v) is 1.85. The number of nitrogens with zero attached hydrogens (tertiary/aromatic N) is 2. The van der Waals surface area contributed by atoms with Crippen LogP contribution in [0.4, 0.5) is 5.82 Å². The number of anilines is 1. The topological polar surface area (TPSA) is 37.8 Å². The van der Waals surface area contributed by atoms with E-state index in [1.165, 1.54) is 0 Å². The van der Waals surface area contributed by atoms with Crippen molar-refractivity contribution in [1.29, 1.82) is 0 Å². The molecule has 1 N–H and O–H groups in total. The number of halogens is 1. The molecule has 0 spiro atoms. The maximum Gasteiger partial charge on any atom is 0.147 e. The van der Waals surface area contributed by atoms with Gasteiger partial charge in [0.15, 0.2) is 0 Å². The molecular formula is C6H6BrN3. The average Bonchev–Trinajstić information content (AvgIpc) is 2.33. The van der Waals surface area contributed by atoms with E-state index in [0.29, 0.717) is 0 Å². The Morgan fingerprint density at radius 2 is 2.50 bits per heavy atom. The quantitative estimate of drug-likeness (QED) is 0.683. The first kappa shape index (κ1) is 6.09. The van der Waals surface area contributed by atoms with Gasteiger partial charge in [0.1, 0.15) is 10.4 Å². The summed E-state index contributed by atoms with van der Waals surface area (Å²) < 4.78 is 0.815. The second-order valence-corrected chi connectivity index (χ2v) is 2.98. The first-order valence-electron chi connectivity index (χ1n) is 3.11. The van der Waals surface area contributed by atoms with Gasteiger partial charge in [0.25, 0.3) is 0 Å². The Hall–Kier alpha value is -0.640. The third kappa shape index (κ3) is 0.883. The highest BCUT2D eigenvalue weighted by molar-refractivity contribution is 9.10. The van der Waals surface area contributed by atoms with Crippen molar-refractivity contribution >= 4 is 21.7 Å². The SMILES string of the molecule is Brc1cnc2c(n1)CCN2. The summed E-state index contributed by atoms with van der Waals surface area (Å²) in [6, 6.07) is 0. The normalized spacial score (nSPS) is 14.5. The highest BCUT2D eigenvalue weighted by Crippen LogP contribution is 2.18. The summed E-state index contributed by atoms with van der Waals surface area (Å²) in [5, 5.41) is 3.13. The molecule has 0 atom stereocenters. The Bertz CT molecular complexity index is 261. The highest BCUT2D eigenvalue weighted by Gasteiger charge is 2.11. The van der Waals surface area contributed by atoms with E-state index in [4.69, 9.17) is 0 Å². The summed E-state index contributed by atoms with van der Waals surface area (Å²) in [6.45, 7) is 0.964. The fraction of sp³-hybridized carbons (Fsp3) is 0.333. The van der Waals surface area contributed by atoms with E-state index < -0.39 is 0 Å². The summed E-state index contributed by atoms with van der Waals surface area (Å²) >= 11 is 3.26. The zero-order chi connectivity index (χ0) is 6.97. The summed E-state index contributed by atoms with van der Waals surface area (Å²) in [4.78, 5) is 8.38. The fourth-order valence-electron chi connectivity index (χ4n) is 1.02. The van der Waals surface area contributed by atoms with Gasteiger partial charge in [0.05, 0.1) is 11.9 Å². The van der Waals surface area contributed by atoms with Crippen LogP contribution in [0.15, 0.2) is 10.8 Å². The molecule has 1 aromatic rings. The molecular weight excluding hydrogens is 194 g/mol. The number of aromatic nitrogens is 2. The summed E-state index contributed by atoms with van der Waals surface area (Å²) in [6.07, 6.45) is 2.69. The van der Waals surface area contributed by atoms with Crippen LogP contribution in [-0.2, 0) is 6.42 Å². The molecule has 1 aromatic heterocycles. The van der Waals surface area contributed by atoms with Crippen LogP contribution >= 0.6 is 15.9 Å². The molecule has 2 heterocycles. The lowest BCUT2D eigenvalue weighted by atomic mass is 10.4. The first-order valence-corrected chi connectivity index (χ1v) is 3.91. The molecule has 4 heteroatoms. The minimum Gasteiger partial charge on any atom is -0.368 e. The predicted molar refractivity (Wildman–Crippen MR) is 41.9 cm³/mol. The molecule has 0 aromatic carbocycles. The third-order valence-electron chi connectivity index (χ3n) is 1.47. The molecule has 0 saturated heterocycles. The highest BCUT2D eigenvalue weighted by atomic mass is 79.9. The lowest BCUT2D eigenvalue weighted by molar-refractivity contribution is 1.02. The number of hydrogen-bond donors (Lipinski definition) is 1. The molecule has 0 aliphatic carbocycles. The van der Waals surface area contributed by atoms with Gasteiger partial charge < -0.3 is 5.32 Å². The first-order chi connectivity index (χ1) is 4.86. The minimum atomic E-state index is 0.815. The maximum absolute atomic E-state index is 4.25. The van der Waals surface area contributed by atoms with Crippen molar-refractivity contribution in [3.63, 3.8) is 0 Å². The van der Waals surface area contributed by atoms with Gasteiger partial charge >= 0.3 is 0 Å². The zero-order valence-corrected chi connectivity index (χ0v) is 6.85. The molecule has 52 valence electrons. The van der Waals surface area contributed by atoms with Gasteiger partial charge in [-0.1, -0.05) is 0 Å². The van der Waals surface area contributed by atoms with Crippen LogP contribution < -0.4 is 5.32 Å². The van der Waals surface area contributed by atoms with Crippen molar-refractivity contribution in [3.05, 3.63) is 16.5 Å². The Labute approximate surface area is 67.0 Å². The maximum atomic E-state index is 4.25. The minimum absolute atomic E-state index is 0.815. The van der Waals surface area contributed by atoms with E-state index in [0.717, 1.165) is 29.1 Å². The molecule has 0 unspecified atom stereocenters. The van der Waals surface area contributed by atoms with Gasteiger partial charge in [-0.05, 0) is 15.9 Å². The van der Waals surface area contributed by atoms with E-state index in [-0.39, 0.29) is 0 Å². The largest absolute Gasteiger partial charge is 0.368 e. The number of rotatable bonds is 0. The van der Waals surface area contributed by atoms with Crippen LogP contribution in [0.25, 0.3) is 0 Å². The van der Waals surface area contributed by atoms with Crippen molar-refractivity contribution < 1.29 is 0 Å². The molecule has 3 nitrogen and oxygen atoms in total. The van der Waals surface area contributed by atoms with Crippen molar-refractivity contribution in [2.75, 3.05) is 11.9 Å². The fourth-order valence-corrected chi connectivity index (χ4v) is 1.34. The summed E-state index contributed by atoms with van der Waals surface area (Å²) in [5.74, 6) is 0.934. The molecule has 10 heavy (non-hydrogen) atoms. The van der Waals surface area contributed by atoms with Crippen molar-refractivity contribution in [2.45, 2.75) is 6.42 Å². The Morgan fingerprint density at radius 1 is 1.60 bits per heavy atom. The van der Waals surface area contributed by atoms with Gasteiger partial charge in [0.2, 0.25) is 0 Å². The summed E-state index contributed by atoms with van der Waals surface area (Å²) in [7, 11) is 0. The van der Waals surface area contributed by atoms with E-state index in [1.54, 1.807) is 6.20 Å². The van der Waals surface area contributed by atoms with Crippen molar-refractivity contribution in [1.82, 2.24) is 9.97 Å². The second-order valence-electron chi connectivity index (χ2n) is 2.16. The second kappa shape index (κ2) is 2.20. The zero-order valence-electron chi connectivity index (χ0n) is 5.26. The Morgan fingerprint density at radius 3 is 3.40 bits per heavy atom. The van der Waals surface area contributed by atoms with Crippen molar-refractivity contribution in [2.24, 2.45) is 0 Å². The number of nitrogens with one attached hydrogen (secondary N) is 1. The molecule has 0 amide bonds. The van der Waals surface area contributed by atoms with E-state index in [9.17, 15) is 0 Å². The molecule has 2 rings (SSSR count). The van der Waals surface area contributed by atoms with Gasteiger partial charge in [-0.2, -0.15) is 0 Å². The number of fused-ring (bicyclic) bond motifs is 1. The Kier molecular flexibility index (Phi) is 1.34. The van der Waals surface area contributed by atoms with Crippen LogP contribution in [0.3, 0.4) is 0 Å². The van der Waals surface area contributed by atoms with Crippen LogP contribution in [0.5, 0.6) is 0 Å². The molecule has 0 radical (unpaired) electrons. The van der Waals surface area contributed by atoms with Crippen LogP contribution in [0.1, 0.15) is 5.69 Å². The van der Waals surface area contributed by atoms with Crippen LogP contribution in [0, 0.1) is 0 Å². The lowest BCUT2D eigenvalue weighted by Crippen LogP contribution is -1.92. The van der Waals surface area contributed by atoms with Crippen molar-refractivity contribution in [3.8, 4) is 0 Å². The van der Waals surface area contributed by atoms with Crippen LogP contribution in [0.2, 0.25) is 0 Å². The van der Waals surface area contributed by atoms with E-state index in [2.05, 4.69) is 31.2 Å². The molecule has 0 fully saturated rings. The van der Waals surface area contributed by atoms with Crippen LogP contribution in [-0.4, -0.2) is 16.5 Å². The van der Waals surface area contributed by atoms with Gasteiger partial charge in [-0.25, -0.2) is 9.97 Å². The molecule has 1 aliphatic heterocycles. The standard InChI is InChI=1S/C6H6BrN3/c7-5-3-9-6-4(10-5)1-2-8-6/h3H,1-2H2,(H,8,9). The van der Waals surface area contributed by atoms with E-state index >= 15 is 0 Å². The van der Waals surface area contributed by atoms with E-state index in [1.807, 2.05) is 0 Å². The molecule has 0 saturated carbocycles. The lowest BCUT2D eigenvalue weighted by Gasteiger charge is -1.95. The van der Waals surface area contributed by atoms with Gasteiger partial charge in [-0.15, -0.1) is 0 Å². The predicted octanol–water partition coefficient (Wildman–Crippen LogP) is 1.21. The average molecular weight is 200 g/mol. The summed E-state index contributed by atoms with van der Waals surface area (Å²) in [5.41, 5.74) is 1.06. The van der Waals surface area contributed by atoms with Gasteiger partial charge in [-0.3, -0.25) is 0 Å². The monoisotopic (exact) mass is 199 g/mol. The molecule has 1 aliphatic rings. The smallest absolute Gasteiger partial charge is 0.147 e. The Balaban J connectivity index is 2.52.